The fraction of sp³-hybridized carbons (Fsp3) is 0.400. The molecule has 4 heteroatoms. The summed E-state index contributed by atoms with van der Waals surface area (Å²) in [4.78, 5) is 17.2. The lowest BCUT2D eigenvalue weighted by molar-refractivity contribution is 0.245. The van der Waals surface area contributed by atoms with Crippen LogP contribution < -0.4 is 0 Å². The smallest absolute Gasteiger partial charge is 0.367 e. The monoisotopic (exact) mass is 126 g/mol. The number of nitrogens with zero attached hydrogens (tertiary/aromatic N) is 2. The summed E-state index contributed by atoms with van der Waals surface area (Å²) in [6.07, 6.45) is 1.41. The zero-order valence-corrected chi connectivity index (χ0v) is 5.00. The fourth-order valence-corrected chi connectivity index (χ4v) is 0.528. The first-order chi connectivity index (χ1) is 4.33. The molecule has 1 aliphatic rings. The molecule has 9 heavy (non-hydrogen) atoms. The van der Waals surface area contributed by atoms with Crippen LogP contribution in [0.5, 0.6) is 0 Å². The summed E-state index contributed by atoms with van der Waals surface area (Å²) in [7, 11) is 1.54. The number of rotatable bonds is 2. The van der Waals surface area contributed by atoms with Gasteiger partial charge in [-0.25, -0.2) is 4.79 Å². The predicted octanol–water partition coefficient (Wildman–Crippen LogP) is 0.278. The largest absolute Gasteiger partial charge is 0.378 e. The third-order valence-corrected chi connectivity index (χ3v) is 0.855. The Morgan fingerprint density at radius 3 is 3.00 bits per heavy atom. The molecule has 0 bridgehead atoms. The van der Waals surface area contributed by atoms with Crippen molar-refractivity contribution in [2.45, 2.75) is 0 Å². The van der Waals surface area contributed by atoms with Gasteiger partial charge in [-0.05, 0) is 0 Å². The second-order valence-corrected chi connectivity index (χ2v) is 1.58. The van der Waals surface area contributed by atoms with Crippen molar-refractivity contribution in [3.05, 3.63) is 0 Å². The Hall–Kier alpha value is -1.03. The molecular formula is C5H6N2O2. The summed E-state index contributed by atoms with van der Waals surface area (Å²) in [5, 5.41) is 0. The van der Waals surface area contributed by atoms with Crippen LogP contribution in [0.15, 0.2) is 9.98 Å². The second-order valence-electron chi connectivity index (χ2n) is 1.58. The molecular weight excluding hydrogens is 120 g/mol. The Morgan fingerprint density at radius 1 is 1.78 bits per heavy atom. The molecule has 1 heterocycles. The molecule has 1 aliphatic heterocycles. The highest BCUT2D eigenvalue weighted by Gasteiger charge is 2.05. The predicted molar refractivity (Wildman–Crippen MR) is 33.2 cm³/mol. The molecule has 0 spiro atoms. The Bertz CT molecular complexity index is 183. The lowest BCUT2D eigenvalue weighted by Crippen LogP contribution is -2.04. The molecule has 1 rings (SSSR count). The molecule has 4 nitrogen and oxygen atoms in total. The van der Waals surface area contributed by atoms with Gasteiger partial charge in [0, 0.05) is 7.11 Å². The minimum Gasteiger partial charge on any atom is -0.378 e. The number of methoxy groups -OCH3 is 1. The van der Waals surface area contributed by atoms with E-state index < -0.39 is 6.03 Å². The zero-order chi connectivity index (χ0) is 6.69. The molecule has 0 unspecified atom stereocenters. The number of ether oxygens (including phenoxy) is 1. The third kappa shape index (κ3) is 1.43. The summed E-state index contributed by atoms with van der Waals surface area (Å²) >= 11 is 0. The normalized spacial score (nSPS) is 16.6. The van der Waals surface area contributed by atoms with Gasteiger partial charge in [-0.1, -0.05) is 0 Å². The maximum absolute atomic E-state index is 10.3. The van der Waals surface area contributed by atoms with Gasteiger partial charge in [0.2, 0.25) is 0 Å². The van der Waals surface area contributed by atoms with Crippen molar-refractivity contribution in [1.82, 2.24) is 0 Å². The van der Waals surface area contributed by atoms with Crippen molar-refractivity contribution >= 4 is 18.0 Å². The Morgan fingerprint density at radius 2 is 2.56 bits per heavy atom. The van der Waals surface area contributed by atoms with E-state index in [0.29, 0.717) is 12.3 Å². The van der Waals surface area contributed by atoms with Crippen LogP contribution in [0.1, 0.15) is 0 Å². The highest BCUT2D eigenvalue weighted by Crippen LogP contribution is 1.91. The highest BCUT2D eigenvalue weighted by atomic mass is 16.5. The van der Waals surface area contributed by atoms with E-state index in [2.05, 4.69) is 9.98 Å². The van der Waals surface area contributed by atoms with E-state index in [-0.39, 0.29) is 0 Å². The molecule has 0 saturated carbocycles. The van der Waals surface area contributed by atoms with E-state index in [4.69, 9.17) is 4.74 Å². The molecule has 2 amide bonds. The number of aliphatic imine (C=N–C) groups is 2. The standard InChI is InChI=1S/C5H6N2O2/c1-9-3-4-2-6-5(8)7-4/h2H,3H2,1H3. The van der Waals surface area contributed by atoms with Gasteiger partial charge in [-0.15, -0.1) is 0 Å². The molecule has 0 aromatic heterocycles. The molecule has 0 N–H and O–H groups in total. The van der Waals surface area contributed by atoms with Gasteiger partial charge in [-0.2, -0.15) is 9.98 Å². The number of hydrogen-bond donors (Lipinski definition) is 0. The number of carbonyl (C=O) groups excluding carboxylic acids is 1. The van der Waals surface area contributed by atoms with Crippen LogP contribution in [0.3, 0.4) is 0 Å². The minimum absolute atomic E-state index is 0.356. The van der Waals surface area contributed by atoms with Crippen molar-refractivity contribution in [1.29, 1.82) is 0 Å². The van der Waals surface area contributed by atoms with Crippen molar-refractivity contribution in [2.75, 3.05) is 13.7 Å². The molecule has 0 aromatic carbocycles. The van der Waals surface area contributed by atoms with Gasteiger partial charge in [0.1, 0.15) is 0 Å². The lowest BCUT2D eigenvalue weighted by Gasteiger charge is -1.89. The summed E-state index contributed by atoms with van der Waals surface area (Å²) in [5.74, 6) is 0. The van der Waals surface area contributed by atoms with E-state index in [0.717, 1.165) is 0 Å². The summed E-state index contributed by atoms with van der Waals surface area (Å²) in [6.45, 7) is 0.356. The fourth-order valence-electron chi connectivity index (χ4n) is 0.528. The van der Waals surface area contributed by atoms with Crippen LogP contribution in [0.4, 0.5) is 4.79 Å². The van der Waals surface area contributed by atoms with E-state index in [1.165, 1.54) is 6.21 Å². The summed E-state index contributed by atoms with van der Waals surface area (Å²) in [5.41, 5.74) is 0.586. The van der Waals surface area contributed by atoms with Gasteiger partial charge >= 0.3 is 6.03 Å². The SMILES string of the molecule is COCC1=NC(=O)N=C1. The lowest BCUT2D eigenvalue weighted by atomic mass is 10.4. The number of hydrogen-bond acceptors (Lipinski definition) is 2. The zero-order valence-electron chi connectivity index (χ0n) is 5.00. The second kappa shape index (κ2) is 2.50. The number of urea groups is 1. The molecule has 0 aromatic rings. The summed E-state index contributed by atoms with van der Waals surface area (Å²) < 4.78 is 4.70. The first-order valence-corrected chi connectivity index (χ1v) is 2.47. The molecule has 48 valence electrons. The molecule has 0 saturated heterocycles. The van der Waals surface area contributed by atoms with E-state index in [9.17, 15) is 4.79 Å². The van der Waals surface area contributed by atoms with Crippen LogP contribution in [-0.4, -0.2) is 31.7 Å². The summed E-state index contributed by atoms with van der Waals surface area (Å²) in [6, 6.07) is -0.443. The highest BCUT2D eigenvalue weighted by molar-refractivity contribution is 6.38. The minimum atomic E-state index is -0.443. The first kappa shape index (κ1) is 6.10. The molecule has 0 radical (unpaired) electrons. The van der Waals surface area contributed by atoms with Crippen LogP contribution in [0.25, 0.3) is 0 Å². The maximum atomic E-state index is 10.3. The van der Waals surface area contributed by atoms with Gasteiger partial charge in [0.05, 0.1) is 18.5 Å². The van der Waals surface area contributed by atoms with Crippen molar-refractivity contribution in [3.63, 3.8) is 0 Å². The number of carbonyl (C=O) groups is 1. The van der Waals surface area contributed by atoms with Crippen LogP contribution in [0, 0.1) is 0 Å². The molecule has 0 fully saturated rings. The maximum Gasteiger partial charge on any atom is 0.367 e. The third-order valence-electron chi connectivity index (χ3n) is 0.855. The average Bonchev–Trinajstić information content (AvgIpc) is 2.17. The van der Waals surface area contributed by atoms with Gasteiger partial charge in [0.15, 0.2) is 0 Å². The van der Waals surface area contributed by atoms with Gasteiger partial charge < -0.3 is 4.74 Å². The van der Waals surface area contributed by atoms with E-state index in [1.807, 2.05) is 0 Å². The Labute approximate surface area is 52.3 Å². The Kier molecular flexibility index (Phi) is 1.69. The van der Waals surface area contributed by atoms with E-state index in [1.54, 1.807) is 7.11 Å². The van der Waals surface area contributed by atoms with Crippen molar-refractivity contribution < 1.29 is 9.53 Å². The van der Waals surface area contributed by atoms with Gasteiger partial charge in [-0.3, -0.25) is 0 Å². The van der Waals surface area contributed by atoms with E-state index >= 15 is 0 Å². The average molecular weight is 126 g/mol. The molecule has 0 atom stereocenters. The van der Waals surface area contributed by atoms with Crippen LogP contribution >= 0.6 is 0 Å². The topological polar surface area (TPSA) is 51.0 Å². The first-order valence-electron chi connectivity index (χ1n) is 2.47. The van der Waals surface area contributed by atoms with Gasteiger partial charge in [0.25, 0.3) is 0 Å². The van der Waals surface area contributed by atoms with Crippen molar-refractivity contribution in [2.24, 2.45) is 9.98 Å². The Balaban J connectivity index is 2.53. The number of amides is 2. The van der Waals surface area contributed by atoms with Crippen LogP contribution in [-0.2, 0) is 4.74 Å². The van der Waals surface area contributed by atoms with Crippen LogP contribution in [0.2, 0.25) is 0 Å². The molecule has 0 aliphatic carbocycles. The quantitative estimate of drug-likeness (QED) is 0.533. The van der Waals surface area contributed by atoms with Crippen molar-refractivity contribution in [3.8, 4) is 0 Å².